The summed E-state index contributed by atoms with van der Waals surface area (Å²) in [6.07, 6.45) is -0.0987. The van der Waals surface area contributed by atoms with E-state index in [1.54, 1.807) is 31.2 Å². The number of carbonyl (C=O) groups is 1. The lowest BCUT2D eigenvalue weighted by molar-refractivity contribution is -0.122. The molecule has 1 amide bonds. The second kappa shape index (κ2) is 10.8. The molecule has 152 valence electrons. The largest absolute Gasteiger partial charge is 0.481 e. The number of sulfonamides is 1. The van der Waals surface area contributed by atoms with Gasteiger partial charge in [-0.25, -0.2) is 13.1 Å². The maximum Gasteiger partial charge on any atom is 0.265 e. The van der Waals surface area contributed by atoms with Crippen molar-refractivity contribution in [2.75, 3.05) is 25.1 Å². The van der Waals surface area contributed by atoms with Crippen LogP contribution in [0, 0.1) is 0 Å². The first-order valence-electron chi connectivity index (χ1n) is 9.12. The predicted octanol–water partition coefficient (Wildman–Crippen LogP) is 2.80. The van der Waals surface area contributed by atoms with Gasteiger partial charge in [0.25, 0.3) is 5.91 Å². The summed E-state index contributed by atoms with van der Waals surface area (Å²) in [6.45, 7) is 4.95. The topological polar surface area (TPSA) is 93.7 Å². The van der Waals surface area contributed by atoms with Crippen LogP contribution in [0.1, 0.15) is 20.3 Å². The molecule has 0 bridgehead atoms. The molecule has 0 aromatic heterocycles. The van der Waals surface area contributed by atoms with Crippen LogP contribution in [-0.2, 0) is 19.6 Å². The van der Waals surface area contributed by atoms with Crippen molar-refractivity contribution in [1.82, 2.24) is 4.72 Å². The molecule has 0 saturated heterocycles. The highest BCUT2D eigenvalue weighted by molar-refractivity contribution is 7.89. The van der Waals surface area contributed by atoms with Gasteiger partial charge in [-0.15, -0.1) is 0 Å². The number of ether oxygens (including phenoxy) is 2. The minimum absolute atomic E-state index is 0.135. The number of anilines is 1. The Hall–Kier alpha value is -2.42. The van der Waals surface area contributed by atoms with Crippen LogP contribution in [0.15, 0.2) is 59.5 Å². The first kappa shape index (κ1) is 21.9. The standard InChI is InChI=1S/C20H26N2O5S/c1-3-26-15-7-14-21-28(24,25)19-12-10-17(11-13-19)22-20(23)16(2)27-18-8-5-4-6-9-18/h4-6,8-13,16,21H,3,7,14-15H2,1-2H3,(H,22,23)/t16-/m0/s1. The fourth-order valence-electron chi connectivity index (χ4n) is 2.33. The van der Waals surface area contributed by atoms with Crippen molar-refractivity contribution in [2.24, 2.45) is 0 Å². The van der Waals surface area contributed by atoms with Gasteiger partial charge in [0.1, 0.15) is 5.75 Å². The summed E-state index contributed by atoms with van der Waals surface area (Å²) in [7, 11) is -3.59. The van der Waals surface area contributed by atoms with Gasteiger partial charge in [0.2, 0.25) is 10.0 Å². The molecule has 0 spiro atoms. The molecule has 28 heavy (non-hydrogen) atoms. The van der Waals surface area contributed by atoms with Crippen LogP contribution in [0.3, 0.4) is 0 Å². The Morgan fingerprint density at radius 2 is 1.75 bits per heavy atom. The molecule has 0 fully saturated rings. The molecular formula is C20H26N2O5S. The molecule has 8 heteroatoms. The molecule has 2 N–H and O–H groups in total. The Bertz CT molecular complexity index is 839. The summed E-state index contributed by atoms with van der Waals surface area (Å²) < 4.78 is 37.8. The lowest BCUT2D eigenvalue weighted by Crippen LogP contribution is -2.30. The van der Waals surface area contributed by atoms with Crippen molar-refractivity contribution >= 4 is 21.6 Å². The van der Waals surface area contributed by atoms with E-state index in [4.69, 9.17) is 9.47 Å². The van der Waals surface area contributed by atoms with Crippen molar-refractivity contribution in [3.05, 3.63) is 54.6 Å². The van der Waals surface area contributed by atoms with Gasteiger partial charge in [0, 0.05) is 25.4 Å². The molecule has 0 heterocycles. The Kier molecular flexibility index (Phi) is 8.43. The van der Waals surface area contributed by atoms with Crippen molar-refractivity contribution in [1.29, 1.82) is 0 Å². The zero-order valence-corrected chi connectivity index (χ0v) is 16.9. The van der Waals surface area contributed by atoms with Crippen LogP contribution in [0.5, 0.6) is 5.75 Å². The average Bonchev–Trinajstić information content (AvgIpc) is 2.69. The number of nitrogens with one attached hydrogen (secondary N) is 2. The average molecular weight is 407 g/mol. The van der Waals surface area contributed by atoms with E-state index in [9.17, 15) is 13.2 Å². The predicted molar refractivity (Wildman–Crippen MR) is 108 cm³/mol. The highest BCUT2D eigenvalue weighted by atomic mass is 32.2. The highest BCUT2D eigenvalue weighted by Gasteiger charge is 2.16. The summed E-state index contributed by atoms with van der Waals surface area (Å²) >= 11 is 0. The van der Waals surface area contributed by atoms with Gasteiger partial charge in [-0.3, -0.25) is 4.79 Å². The van der Waals surface area contributed by atoms with E-state index in [2.05, 4.69) is 10.0 Å². The number of para-hydroxylation sites is 1. The molecular weight excluding hydrogens is 380 g/mol. The Balaban J connectivity index is 1.88. The van der Waals surface area contributed by atoms with Gasteiger partial charge in [-0.05, 0) is 56.7 Å². The van der Waals surface area contributed by atoms with Crippen molar-refractivity contribution in [2.45, 2.75) is 31.3 Å². The van der Waals surface area contributed by atoms with E-state index in [0.29, 0.717) is 37.6 Å². The molecule has 2 rings (SSSR count). The third-order valence-corrected chi connectivity index (χ3v) is 5.30. The van der Waals surface area contributed by atoms with Crippen molar-refractivity contribution in [3.63, 3.8) is 0 Å². The molecule has 2 aromatic rings. The molecule has 1 atom stereocenters. The fourth-order valence-corrected chi connectivity index (χ4v) is 3.40. The summed E-state index contributed by atoms with van der Waals surface area (Å²) in [5.74, 6) is 0.274. The third-order valence-electron chi connectivity index (χ3n) is 3.82. The second-order valence-corrected chi connectivity index (χ2v) is 7.80. The lowest BCUT2D eigenvalue weighted by Gasteiger charge is -2.15. The van der Waals surface area contributed by atoms with Gasteiger partial charge in [-0.1, -0.05) is 18.2 Å². The van der Waals surface area contributed by atoms with Crippen LogP contribution in [0.4, 0.5) is 5.69 Å². The maximum absolute atomic E-state index is 12.3. The third kappa shape index (κ3) is 6.95. The molecule has 2 aromatic carbocycles. The highest BCUT2D eigenvalue weighted by Crippen LogP contribution is 2.16. The van der Waals surface area contributed by atoms with E-state index >= 15 is 0 Å². The van der Waals surface area contributed by atoms with Crippen LogP contribution in [0.25, 0.3) is 0 Å². The first-order valence-corrected chi connectivity index (χ1v) is 10.6. The molecule has 0 aliphatic heterocycles. The number of hydrogen-bond acceptors (Lipinski definition) is 5. The normalized spacial score (nSPS) is 12.4. The van der Waals surface area contributed by atoms with Crippen LogP contribution in [-0.4, -0.2) is 40.2 Å². The van der Waals surface area contributed by atoms with E-state index in [1.807, 2.05) is 25.1 Å². The van der Waals surface area contributed by atoms with E-state index in [-0.39, 0.29) is 10.8 Å². The van der Waals surface area contributed by atoms with Crippen LogP contribution >= 0.6 is 0 Å². The van der Waals surface area contributed by atoms with E-state index in [0.717, 1.165) is 0 Å². The van der Waals surface area contributed by atoms with Gasteiger partial charge >= 0.3 is 0 Å². The monoisotopic (exact) mass is 406 g/mol. The fraction of sp³-hybridized carbons (Fsp3) is 0.350. The van der Waals surface area contributed by atoms with Crippen molar-refractivity contribution in [3.8, 4) is 5.75 Å². The van der Waals surface area contributed by atoms with Gasteiger partial charge in [-0.2, -0.15) is 0 Å². The molecule has 0 radical (unpaired) electrons. The minimum atomic E-state index is -3.59. The SMILES string of the molecule is CCOCCCNS(=O)(=O)c1ccc(NC(=O)[C@H](C)Oc2ccccc2)cc1. The summed E-state index contributed by atoms with van der Waals surface area (Å²) in [4.78, 5) is 12.4. The Morgan fingerprint density at radius 3 is 2.39 bits per heavy atom. The Morgan fingerprint density at radius 1 is 1.07 bits per heavy atom. The molecule has 0 saturated carbocycles. The molecule has 7 nitrogen and oxygen atoms in total. The molecule has 0 aliphatic carbocycles. The summed E-state index contributed by atoms with van der Waals surface area (Å²) in [6, 6.07) is 15.0. The van der Waals surface area contributed by atoms with Crippen LogP contribution in [0.2, 0.25) is 0 Å². The van der Waals surface area contributed by atoms with Crippen molar-refractivity contribution < 1.29 is 22.7 Å². The van der Waals surface area contributed by atoms with Gasteiger partial charge in [0.15, 0.2) is 6.10 Å². The van der Waals surface area contributed by atoms with Crippen LogP contribution < -0.4 is 14.8 Å². The number of benzene rings is 2. The smallest absolute Gasteiger partial charge is 0.265 e. The quantitative estimate of drug-likeness (QED) is 0.560. The minimum Gasteiger partial charge on any atom is -0.481 e. The Labute approximate surface area is 166 Å². The number of rotatable bonds is 11. The number of hydrogen-bond donors (Lipinski definition) is 2. The van der Waals surface area contributed by atoms with E-state index < -0.39 is 16.1 Å². The van der Waals surface area contributed by atoms with Gasteiger partial charge < -0.3 is 14.8 Å². The maximum atomic E-state index is 12.3. The van der Waals surface area contributed by atoms with E-state index in [1.165, 1.54) is 12.1 Å². The summed E-state index contributed by atoms with van der Waals surface area (Å²) in [5, 5.41) is 2.71. The number of carbonyl (C=O) groups excluding carboxylic acids is 1. The molecule has 0 aliphatic rings. The lowest BCUT2D eigenvalue weighted by atomic mass is 10.3. The number of amides is 1. The zero-order chi connectivity index (χ0) is 20.4. The molecule has 0 unspecified atom stereocenters. The summed E-state index contributed by atoms with van der Waals surface area (Å²) in [5.41, 5.74) is 0.490. The first-order chi connectivity index (χ1) is 13.4. The second-order valence-electron chi connectivity index (χ2n) is 6.04. The zero-order valence-electron chi connectivity index (χ0n) is 16.1. The van der Waals surface area contributed by atoms with Gasteiger partial charge in [0.05, 0.1) is 4.90 Å².